The van der Waals surface area contributed by atoms with Gasteiger partial charge in [-0.1, -0.05) is 5.16 Å². The first kappa shape index (κ1) is 18.2. The lowest BCUT2D eigenvalue weighted by Crippen LogP contribution is -2.40. The molecular weight excluding hydrogens is 364 g/mol. The molecule has 0 aliphatic carbocycles. The molecule has 0 saturated carbocycles. The van der Waals surface area contributed by atoms with Crippen LogP contribution in [0.15, 0.2) is 16.0 Å². The Hall–Kier alpha value is -2.22. The topological polar surface area (TPSA) is 79.5 Å². The summed E-state index contributed by atoms with van der Waals surface area (Å²) in [5.74, 6) is 1.44. The summed E-state index contributed by atoms with van der Waals surface area (Å²) in [5.41, 5.74) is 1.25. The Bertz CT molecular complexity index is 831. The average molecular weight is 388 g/mol. The highest BCUT2D eigenvalue weighted by atomic mass is 32.1. The monoisotopic (exact) mass is 388 g/mol. The maximum Gasteiger partial charge on any atom is 0.231 e. The summed E-state index contributed by atoms with van der Waals surface area (Å²) < 4.78 is 5.27. The largest absolute Gasteiger partial charge is 0.342 e. The Kier molecular flexibility index (Phi) is 5.24. The lowest BCUT2D eigenvalue weighted by molar-refractivity contribution is -0.138. The number of nitrogens with zero attached hydrogens (tertiary/aromatic N) is 4. The van der Waals surface area contributed by atoms with Crippen LogP contribution < -0.4 is 0 Å². The molecule has 0 unspecified atom stereocenters. The molecule has 4 rings (SSSR count). The van der Waals surface area contributed by atoms with Crippen LogP contribution in [0.3, 0.4) is 0 Å². The van der Waals surface area contributed by atoms with Crippen LogP contribution in [0.4, 0.5) is 0 Å². The van der Waals surface area contributed by atoms with Gasteiger partial charge in [0.15, 0.2) is 5.82 Å². The predicted octanol–water partition coefficient (Wildman–Crippen LogP) is 2.51. The van der Waals surface area contributed by atoms with Crippen LogP contribution in [-0.4, -0.2) is 51.4 Å². The van der Waals surface area contributed by atoms with Gasteiger partial charge in [0.25, 0.3) is 0 Å². The van der Waals surface area contributed by atoms with Gasteiger partial charge < -0.3 is 14.3 Å². The normalized spacial score (nSPS) is 19.8. The Morgan fingerprint density at radius 1 is 1.26 bits per heavy atom. The fourth-order valence-corrected chi connectivity index (χ4v) is 4.77. The molecule has 8 heteroatoms. The van der Waals surface area contributed by atoms with Crippen molar-refractivity contribution < 1.29 is 14.1 Å². The number of likely N-dealkylation sites (tertiary alicyclic amines) is 1. The maximum atomic E-state index is 12.6. The fraction of sp³-hybridized carbons (Fsp3) is 0.579. The quantitative estimate of drug-likeness (QED) is 0.804. The molecule has 2 aromatic heterocycles. The predicted molar refractivity (Wildman–Crippen MR) is 100 cm³/mol. The van der Waals surface area contributed by atoms with E-state index in [0.29, 0.717) is 24.8 Å². The van der Waals surface area contributed by atoms with Gasteiger partial charge in [-0.25, -0.2) is 0 Å². The lowest BCUT2D eigenvalue weighted by atomic mass is 9.97. The molecule has 144 valence electrons. The number of carbonyl (C=O) groups is 2. The minimum Gasteiger partial charge on any atom is -0.342 e. The third-order valence-electron chi connectivity index (χ3n) is 5.38. The Balaban J connectivity index is 1.28. The number of carbonyl (C=O) groups excluding carboxylic acids is 2. The number of hydrogen-bond donors (Lipinski definition) is 0. The zero-order chi connectivity index (χ0) is 18.8. The van der Waals surface area contributed by atoms with E-state index >= 15 is 0 Å². The summed E-state index contributed by atoms with van der Waals surface area (Å²) >= 11 is 1.76. The van der Waals surface area contributed by atoms with Gasteiger partial charge >= 0.3 is 0 Å². The van der Waals surface area contributed by atoms with E-state index in [0.717, 1.165) is 32.4 Å². The van der Waals surface area contributed by atoms with E-state index < -0.39 is 0 Å². The highest BCUT2D eigenvalue weighted by Crippen LogP contribution is 2.27. The lowest BCUT2D eigenvalue weighted by Gasteiger charge is -2.31. The van der Waals surface area contributed by atoms with Crippen LogP contribution in [0.1, 0.15) is 53.8 Å². The van der Waals surface area contributed by atoms with E-state index in [9.17, 15) is 9.59 Å². The van der Waals surface area contributed by atoms with Crippen LogP contribution in [-0.2, 0) is 22.6 Å². The fourth-order valence-electron chi connectivity index (χ4n) is 3.88. The number of fused-ring (bicyclic) bond motifs is 1. The SMILES string of the molecule is Cc1noc([C@@H]2CCCN(C(=O)CCC(=O)N3CCc4sccc4C3)C2)n1. The molecule has 4 heterocycles. The zero-order valence-corrected chi connectivity index (χ0v) is 16.3. The molecule has 0 bridgehead atoms. The van der Waals surface area contributed by atoms with Gasteiger partial charge in [0.1, 0.15) is 0 Å². The van der Waals surface area contributed by atoms with Crippen LogP contribution in [0.2, 0.25) is 0 Å². The molecule has 2 amide bonds. The summed E-state index contributed by atoms with van der Waals surface area (Å²) in [5, 5.41) is 5.93. The standard InChI is InChI=1S/C19H24N4O3S/c1-13-20-19(26-21-13)15-3-2-8-22(12-15)17(24)4-5-18(25)23-9-6-16-14(11-23)7-10-27-16/h7,10,15H,2-6,8-9,11-12H2,1H3/t15-/m1/s1. The number of aryl methyl sites for hydroxylation is 1. The van der Waals surface area contributed by atoms with Crippen LogP contribution in [0, 0.1) is 6.92 Å². The molecule has 1 fully saturated rings. The van der Waals surface area contributed by atoms with Gasteiger partial charge in [0.05, 0.1) is 5.92 Å². The van der Waals surface area contributed by atoms with Crippen LogP contribution >= 0.6 is 11.3 Å². The number of hydrogen-bond acceptors (Lipinski definition) is 6. The summed E-state index contributed by atoms with van der Waals surface area (Å²) in [4.78, 5) is 34.5. The minimum absolute atomic E-state index is 0.0394. The first-order valence-corrected chi connectivity index (χ1v) is 10.4. The smallest absolute Gasteiger partial charge is 0.231 e. The van der Waals surface area contributed by atoms with Gasteiger partial charge in [0.2, 0.25) is 17.7 Å². The van der Waals surface area contributed by atoms with Crippen molar-refractivity contribution >= 4 is 23.2 Å². The summed E-state index contributed by atoms with van der Waals surface area (Å²) in [7, 11) is 0. The second-order valence-corrected chi connectivity index (χ2v) is 8.29. The molecule has 7 nitrogen and oxygen atoms in total. The molecule has 1 saturated heterocycles. The highest BCUT2D eigenvalue weighted by Gasteiger charge is 2.29. The van der Waals surface area contributed by atoms with E-state index in [2.05, 4.69) is 21.6 Å². The van der Waals surface area contributed by atoms with Crippen molar-refractivity contribution in [3.63, 3.8) is 0 Å². The molecular formula is C19H24N4O3S. The molecule has 27 heavy (non-hydrogen) atoms. The van der Waals surface area contributed by atoms with Crippen molar-refractivity contribution in [1.29, 1.82) is 0 Å². The Morgan fingerprint density at radius 2 is 2.07 bits per heavy atom. The molecule has 2 aliphatic rings. The average Bonchev–Trinajstić information content (AvgIpc) is 3.34. The summed E-state index contributed by atoms with van der Waals surface area (Å²) in [6, 6.07) is 2.09. The highest BCUT2D eigenvalue weighted by molar-refractivity contribution is 7.10. The van der Waals surface area contributed by atoms with E-state index in [-0.39, 0.29) is 30.6 Å². The van der Waals surface area contributed by atoms with Crippen molar-refractivity contribution in [3.8, 4) is 0 Å². The van der Waals surface area contributed by atoms with E-state index in [1.54, 1.807) is 18.3 Å². The number of amides is 2. The van der Waals surface area contributed by atoms with Crippen LogP contribution in [0.25, 0.3) is 0 Å². The first-order chi connectivity index (χ1) is 13.1. The van der Waals surface area contributed by atoms with Gasteiger partial charge in [-0.3, -0.25) is 9.59 Å². The van der Waals surface area contributed by atoms with E-state index in [1.165, 1.54) is 10.4 Å². The van der Waals surface area contributed by atoms with Gasteiger partial charge in [-0.15, -0.1) is 11.3 Å². The van der Waals surface area contributed by atoms with Crippen LogP contribution in [0.5, 0.6) is 0 Å². The van der Waals surface area contributed by atoms with E-state index in [4.69, 9.17) is 4.52 Å². The van der Waals surface area contributed by atoms with Crippen molar-refractivity contribution in [2.24, 2.45) is 0 Å². The van der Waals surface area contributed by atoms with E-state index in [1.807, 2.05) is 9.80 Å². The van der Waals surface area contributed by atoms with Crippen molar-refractivity contribution in [2.45, 2.75) is 51.5 Å². The van der Waals surface area contributed by atoms with Gasteiger partial charge in [-0.05, 0) is 43.2 Å². The summed E-state index contributed by atoms with van der Waals surface area (Å²) in [6.07, 6.45) is 3.32. The number of piperidine rings is 1. The number of aromatic nitrogens is 2. The second kappa shape index (κ2) is 7.80. The number of thiophene rings is 1. The molecule has 0 radical (unpaired) electrons. The first-order valence-electron chi connectivity index (χ1n) is 9.51. The summed E-state index contributed by atoms with van der Waals surface area (Å²) in [6.45, 7) is 4.55. The second-order valence-electron chi connectivity index (χ2n) is 7.29. The minimum atomic E-state index is 0.0394. The molecule has 0 spiro atoms. The molecule has 2 aliphatic heterocycles. The van der Waals surface area contributed by atoms with Crippen molar-refractivity contribution in [1.82, 2.24) is 19.9 Å². The zero-order valence-electron chi connectivity index (χ0n) is 15.5. The van der Waals surface area contributed by atoms with Crippen molar-refractivity contribution in [2.75, 3.05) is 19.6 Å². The Morgan fingerprint density at radius 3 is 2.85 bits per heavy atom. The molecule has 0 N–H and O–H groups in total. The Labute approximate surface area is 162 Å². The van der Waals surface area contributed by atoms with Crippen molar-refractivity contribution in [3.05, 3.63) is 33.6 Å². The van der Waals surface area contributed by atoms with Gasteiger partial charge in [-0.2, -0.15) is 4.98 Å². The maximum absolute atomic E-state index is 12.6. The molecule has 1 atom stereocenters. The number of rotatable bonds is 4. The third kappa shape index (κ3) is 4.05. The van der Waals surface area contributed by atoms with Gasteiger partial charge in [0, 0.05) is 43.9 Å². The molecule has 0 aromatic carbocycles. The third-order valence-corrected chi connectivity index (χ3v) is 6.40. The molecule has 2 aromatic rings.